The predicted molar refractivity (Wildman–Crippen MR) is 88.2 cm³/mol. The Morgan fingerprint density at radius 3 is 2.58 bits per heavy atom. The normalized spacial score (nSPS) is 10.3. The van der Waals surface area contributed by atoms with Crippen molar-refractivity contribution in [2.75, 3.05) is 11.9 Å². The minimum absolute atomic E-state index is 0.0762. The second-order valence-electron chi connectivity index (χ2n) is 4.71. The molecule has 0 aromatic heterocycles. The number of carbonyl (C=O) groups is 2. The van der Waals surface area contributed by atoms with E-state index in [1.807, 2.05) is 6.07 Å². The monoisotopic (exact) mass is 326 g/mol. The quantitative estimate of drug-likeness (QED) is 0.381. The summed E-state index contributed by atoms with van der Waals surface area (Å²) >= 11 is 0. The minimum atomic E-state index is -0.718. The molecule has 2 aromatic rings. The lowest BCUT2D eigenvalue weighted by molar-refractivity contribution is -0.384. The topological polar surface area (TPSA) is 98.5 Å². The van der Waals surface area contributed by atoms with E-state index >= 15 is 0 Å². The highest BCUT2D eigenvalue weighted by Crippen LogP contribution is 2.14. The van der Waals surface area contributed by atoms with Gasteiger partial charge in [-0.3, -0.25) is 14.9 Å². The van der Waals surface area contributed by atoms with Crippen molar-refractivity contribution in [3.63, 3.8) is 0 Å². The van der Waals surface area contributed by atoms with Crippen molar-refractivity contribution in [1.29, 1.82) is 0 Å². The highest BCUT2D eigenvalue weighted by Gasteiger charge is 2.06. The molecule has 0 radical (unpaired) electrons. The summed E-state index contributed by atoms with van der Waals surface area (Å²) in [5.74, 6) is -1.18. The van der Waals surface area contributed by atoms with E-state index < -0.39 is 23.4 Å². The summed E-state index contributed by atoms with van der Waals surface area (Å²) in [5, 5.41) is 13.2. The number of nitro benzene ring substituents is 1. The molecule has 0 heterocycles. The molecule has 122 valence electrons. The van der Waals surface area contributed by atoms with E-state index in [1.165, 1.54) is 24.3 Å². The van der Waals surface area contributed by atoms with Gasteiger partial charge >= 0.3 is 5.97 Å². The number of nitrogens with zero attached hydrogens (tertiary/aromatic N) is 1. The number of amides is 1. The number of non-ortho nitro benzene ring substituents is 1. The summed E-state index contributed by atoms with van der Waals surface area (Å²) in [7, 11) is 0. The van der Waals surface area contributed by atoms with Crippen molar-refractivity contribution in [1.82, 2.24) is 0 Å². The lowest BCUT2D eigenvalue weighted by Gasteiger charge is -2.04. The highest BCUT2D eigenvalue weighted by molar-refractivity contribution is 5.94. The molecule has 0 unspecified atom stereocenters. The van der Waals surface area contributed by atoms with Crippen LogP contribution >= 0.6 is 0 Å². The predicted octanol–water partition coefficient (Wildman–Crippen LogP) is 2.79. The van der Waals surface area contributed by atoms with Crippen LogP contribution in [0.3, 0.4) is 0 Å². The largest absolute Gasteiger partial charge is 0.452 e. The van der Waals surface area contributed by atoms with Crippen LogP contribution < -0.4 is 5.32 Å². The fourth-order valence-electron chi connectivity index (χ4n) is 1.81. The van der Waals surface area contributed by atoms with Crippen LogP contribution in [-0.2, 0) is 14.3 Å². The Bertz CT molecular complexity index is 772. The number of rotatable bonds is 6. The third-order valence-corrected chi connectivity index (χ3v) is 2.90. The van der Waals surface area contributed by atoms with E-state index in [0.29, 0.717) is 11.3 Å². The Morgan fingerprint density at radius 1 is 1.12 bits per heavy atom. The number of nitro groups is 1. The van der Waals surface area contributed by atoms with Gasteiger partial charge in [-0.15, -0.1) is 0 Å². The molecule has 7 heteroatoms. The van der Waals surface area contributed by atoms with Gasteiger partial charge in [-0.1, -0.05) is 30.3 Å². The Kier molecular flexibility index (Phi) is 5.79. The van der Waals surface area contributed by atoms with E-state index in [-0.39, 0.29) is 5.69 Å². The molecule has 2 rings (SSSR count). The molecule has 1 N–H and O–H groups in total. The fourth-order valence-corrected chi connectivity index (χ4v) is 1.81. The van der Waals surface area contributed by atoms with Crippen LogP contribution in [0.1, 0.15) is 5.56 Å². The zero-order chi connectivity index (χ0) is 17.4. The number of carbonyl (C=O) groups excluding carboxylic acids is 2. The van der Waals surface area contributed by atoms with Gasteiger partial charge in [0.25, 0.3) is 11.6 Å². The summed E-state index contributed by atoms with van der Waals surface area (Å²) in [6.45, 7) is -0.424. The number of benzene rings is 2. The average molecular weight is 326 g/mol. The lowest BCUT2D eigenvalue weighted by Crippen LogP contribution is -2.20. The van der Waals surface area contributed by atoms with Gasteiger partial charge in [-0.2, -0.15) is 0 Å². The maximum atomic E-state index is 11.6. The number of ether oxygens (including phenoxy) is 1. The van der Waals surface area contributed by atoms with Crippen molar-refractivity contribution in [2.45, 2.75) is 0 Å². The lowest BCUT2D eigenvalue weighted by atomic mass is 10.2. The van der Waals surface area contributed by atoms with Crippen LogP contribution in [0.4, 0.5) is 11.4 Å². The first-order valence-electron chi connectivity index (χ1n) is 6.99. The molecule has 1 amide bonds. The SMILES string of the molecule is O=C(COC(=O)C=Cc1cccc([N+](=O)[O-])c1)Nc1ccccc1. The van der Waals surface area contributed by atoms with E-state index in [1.54, 1.807) is 30.3 Å². The first kappa shape index (κ1) is 16.9. The highest BCUT2D eigenvalue weighted by atomic mass is 16.6. The second kappa shape index (κ2) is 8.23. The summed E-state index contributed by atoms with van der Waals surface area (Å²) in [6, 6.07) is 14.6. The zero-order valence-electron chi connectivity index (χ0n) is 12.5. The summed E-state index contributed by atoms with van der Waals surface area (Å²) in [4.78, 5) is 33.3. The van der Waals surface area contributed by atoms with E-state index in [2.05, 4.69) is 5.32 Å². The number of nitrogens with one attached hydrogen (secondary N) is 1. The van der Waals surface area contributed by atoms with E-state index in [4.69, 9.17) is 4.74 Å². The number of anilines is 1. The fraction of sp³-hybridized carbons (Fsp3) is 0.0588. The van der Waals surface area contributed by atoms with Crippen LogP contribution in [0, 0.1) is 10.1 Å². The maximum Gasteiger partial charge on any atom is 0.331 e. The third kappa shape index (κ3) is 5.38. The molecule has 0 saturated carbocycles. The van der Waals surface area contributed by atoms with Crippen molar-refractivity contribution in [2.24, 2.45) is 0 Å². The molecule has 0 aliphatic carbocycles. The van der Waals surface area contributed by atoms with Gasteiger partial charge in [-0.25, -0.2) is 4.79 Å². The van der Waals surface area contributed by atoms with E-state index in [0.717, 1.165) is 6.08 Å². The van der Waals surface area contributed by atoms with E-state index in [9.17, 15) is 19.7 Å². The minimum Gasteiger partial charge on any atom is -0.452 e. The molecule has 0 aliphatic rings. The number of hydrogen-bond donors (Lipinski definition) is 1. The molecule has 0 atom stereocenters. The number of hydrogen-bond acceptors (Lipinski definition) is 5. The van der Waals surface area contributed by atoms with Gasteiger partial charge in [-0.05, 0) is 23.8 Å². The van der Waals surface area contributed by atoms with Gasteiger partial charge in [0.05, 0.1) is 4.92 Å². The molecular weight excluding hydrogens is 312 g/mol. The third-order valence-electron chi connectivity index (χ3n) is 2.90. The number of esters is 1. The summed E-state index contributed by atoms with van der Waals surface area (Å²) < 4.78 is 4.80. The van der Waals surface area contributed by atoms with Gasteiger partial charge in [0, 0.05) is 23.9 Å². The van der Waals surface area contributed by atoms with Crippen molar-refractivity contribution in [3.05, 3.63) is 76.4 Å². The molecule has 0 fully saturated rings. The Morgan fingerprint density at radius 2 is 1.88 bits per heavy atom. The van der Waals surface area contributed by atoms with Crippen molar-refractivity contribution in [3.8, 4) is 0 Å². The second-order valence-corrected chi connectivity index (χ2v) is 4.71. The molecule has 0 aliphatic heterocycles. The molecule has 7 nitrogen and oxygen atoms in total. The summed E-state index contributed by atoms with van der Waals surface area (Å²) in [5.41, 5.74) is 1.01. The molecule has 0 bridgehead atoms. The average Bonchev–Trinajstić information content (AvgIpc) is 2.59. The molecular formula is C17H14N2O5. The van der Waals surface area contributed by atoms with Gasteiger partial charge in [0.1, 0.15) is 0 Å². The number of para-hydroxylation sites is 1. The standard InChI is InChI=1S/C17H14N2O5/c20-16(18-14-6-2-1-3-7-14)12-24-17(21)10-9-13-5-4-8-15(11-13)19(22)23/h1-11H,12H2,(H,18,20). The molecule has 2 aromatic carbocycles. The Hall–Kier alpha value is -3.48. The van der Waals surface area contributed by atoms with Crippen LogP contribution in [0.5, 0.6) is 0 Å². The Labute approximate surface area is 137 Å². The first-order valence-corrected chi connectivity index (χ1v) is 6.99. The van der Waals surface area contributed by atoms with Crippen LogP contribution in [-0.4, -0.2) is 23.4 Å². The van der Waals surface area contributed by atoms with Gasteiger partial charge in [0.15, 0.2) is 6.61 Å². The van der Waals surface area contributed by atoms with Crippen molar-refractivity contribution < 1.29 is 19.2 Å². The molecule has 0 saturated heterocycles. The van der Waals surface area contributed by atoms with Gasteiger partial charge < -0.3 is 10.1 Å². The zero-order valence-corrected chi connectivity index (χ0v) is 12.5. The summed E-state index contributed by atoms with van der Waals surface area (Å²) in [6.07, 6.45) is 2.49. The van der Waals surface area contributed by atoms with Crippen LogP contribution in [0.2, 0.25) is 0 Å². The van der Waals surface area contributed by atoms with Crippen LogP contribution in [0.15, 0.2) is 60.7 Å². The smallest absolute Gasteiger partial charge is 0.331 e. The van der Waals surface area contributed by atoms with Crippen LogP contribution in [0.25, 0.3) is 6.08 Å². The van der Waals surface area contributed by atoms with Crippen molar-refractivity contribution >= 4 is 29.3 Å². The first-order chi connectivity index (χ1) is 11.5. The Balaban J connectivity index is 1.83. The molecule has 0 spiro atoms. The molecule has 24 heavy (non-hydrogen) atoms. The maximum absolute atomic E-state index is 11.6. The van der Waals surface area contributed by atoms with Gasteiger partial charge in [0.2, 0.25) is 0 Å².